The second-order valence-electron chi connectivity index (χ2n) is 6.52. The lowest BCUT2D eigenvalue weighted by Gasteiger charge is -2.34. The summed E-state index contributed by atoms with van der Waals surface area (Å²) in [4.78, 5) is 7.30. The van der Waals surface area contributed by atoms with Crippen molar-refractivity contribution in [2.75, 3.05) is 0 Å². The molecule has 2 aromatic rings. The molecule has 4 rings (SSSR count). The van der Waals surface area contributed by atoms with Gasteiger partial charge in [-0.15, -0.1) is 0 Å². The van der Waals surface area contributed by atoms with Crippen molar-refractivity contribution in [3.8, 4) is 0 Å². The van der Waals surface area contributed by atoms with Crippen LogP contribution in [0.15, 0.2) is 54.7 Å². The van der Waals surface area contributed by atoms with E-state index in [9.17, 15) is 0 Å². The molecule has 1 fully saturated rings. The maximum atomic E-state index is 4.62. The van der Waals surface area contributed by atoms with Crippen molar-refractivity contribution in [1.29, 1.82) is 0 Å². The van der Waals surface area contributed by atoms with Gasteiger partial charge in [-0.1, -0.05) is 42.5 Å². The number of benzene rings is 1. The van der Waals surface area contributed by atoms with Crippen molar-refractivity contribution in [1.82, 2.24) is 9.88 Å². The van der Waals surface area contributed by atoms with Crippen LogP contribution in [0.25, 0.3) is 5.57 Å². The molecule has 2 nitrogen and oxygen atoms in total. The fourth-order valence-electron chi connectivity index (χ4n) is 3.96. The molecule has 2 aliphatic heterocycles. The van der Waals surface area contributed by atoms with E-state index in [0.717, 1.165) is 13.0 Å². The van der Waals surface area contributed by atoms with Gasteiger partial charge < -0.3 is 0 Å². The maximum Gasteiger partial charge on any atom is 0.0688 e. The van der Waals surface area contributed by atoms with Crippen LogP contribution >= 0.6 is 0 Å². The Balaban J connectivity index is 1.59. The topological polar surface area (TPSA) is 16.1 Å². The van der Waals surface area contributed by atoms with Crippen molar-refractivity contribution in [3.63, 3.8) is 0 Å². The monoisotopic (exact) mass is 290 g/mol. The fourth-order valence-corrected chi connectivity index (χ4v) is 3.96. The highest BCUT2D eigenvalue weighted by atomic mass is 15.2. The molecule has 112 valence electrons. The zero-order chi connectivity index (χ0) is 14.9. The lowest BCUT2D eigenvalue weighted by Crippen LogP contribution is -2.37. The van der Waals surface area contributed by atoms with Gasteiger partial charge in [0, 0.05) is 24.8 Å². The van der Waals surface area contributed by atoms with Gasteiger partial charge in [0.1, 0.15) is 0 Å². The van der Waals surface area contributed by atoms with E-state index in [2.05, 4.69) is 59.3 Å². The van der Waals surface area contributed by atoms with Crippen LogP contribution in [0.3, 0.4) is 0 Å². The van der Waals surface area contributed by atoms with Crippen molar-refractivity contribution < 1.29 is 0 Å². The SMILES string of the molecule is Cc1cccnc1C1=CC2CCC(C1)N2Cc1ccccc1. The minimum Gasteiger partial charge on any atom is -0.289 e. The zero-order valence-electron chi connectivity index (χ0n) is 13.1. The van der Waals surface area contributed by atoms with Crippen molar-refractivity contribution in [2.24, 2.45) is 0 Å². The van der Waals surface area contributed by atoms with Gasteiger partial charge >= 0.3 is 0 Å². The summed E-state index contributed by atoms with van der Waals surface area (Å²) in [6.07, 6.45) is 8.13. The summed E-state index contributed by atoms with van der Waals surface area (Å²) in [5.74, 6) is 0. The number of nitrogens with zero attached hydrogens (tertiary/aromatic N) is 2. The van der Waals surface area contributed by atoms with Crippen molar-refractivity contribution in [2.45, 2.75) is 44.8 Å². The van der Waals surface area contributed by atoms with Gasteiger partial charge in [0.05, 0.1) is 5.69 Å². The minimum absolute atomic E-state index is 0.579. The minimum atomic E-state index is 0.579. The van der Waals surface area contributed by atoms with E-state index in [1.807, 2.05) is 12.3 Å². The van der Waals surface area contributed by atoms with Crippen LogP contribution in [-0.2, 0) is 6.54 Å². The van der Waals surface area contributed by atoms with Crippen LogP contribution in [0, 0.1) is 6.92 Å². The Hall–Kier alpha value is -1.93. The number of hydrogen-bond acceptors (Lipinski definition) is 2. The molecule has 2 unspecified atom stereocenters. The van der Waals surface area contributed by atoms with E-state index >= 15 is 0 Å². The summed E-state index contributed by atoms with van der Waals surface area (Å²) in [7, 11) is 0. The molecule has 2 bridgehead atoms. The Morgan fingerprint density at radius 1 is 1.09 bits per heavy atom. The van der Waals surface area contributed by atoms with Crippen LogP contribution in [0.4, 0.5) is 0 Å². The van der Waals surface area contributed by atoms with E-state index < -0.39 is 0 Å². The summed E-state index contributed by atoms with van der Waals surface area (Å²) < 4.78 is 0. The number of pyridine rings is 1. The first-order valence-corrected chi connectivity index (χ1v) is 8.23. The van der Waals surface area contributed by atoms with Gasteiger partial charge in [-0.05, 0) is 49.0 Å². The lowest BCUT2D eigenvalue weighted by molar-refractivity contribution is 0.203. The van der Waals surface area contributed by atoms with E-state index in [-0.39, 0.29) is 0 Å². The summed E-state index contributed by atoms with van der Waals surface area (Å²) in [5, 5.41) is 0. The first kappa shape index (κ1) is 13.7. The first-order valence-electron chi connectivity index (χ1n) is 8.23. The predicted molar refractivity (Wildman–Crippen MR) is 90.4 cm³/mol. The Kier molecular flexibility index (Phi) is 3.55. The average Bonchev–Trinajstić information content (AvgIpc) is 2.78. The molecule has 0 amide bonds. The summed E-state index contributed by atoms with van der Waals surface area (Å²) >= 11 is 0. The number of fused-ring (bicyclic) bond motifs is 2. The Bertz CT molecular complexity index is 690. The lowest BCUT2D eigenvalue weighted by atomic mass is 9.95. The summed E-state index contributed by atoms with van der Waals surface area (Å²) in [6.45, 7) is 3.24. The highest BCUT2D eigenvalue weighted by Crippen LogP contribution is 2.39. The first-order chi connectivity index (χ1) is 10.8. The van der Waals surface area contributed by atoms with Crippen molar-refractivity contribution in [3.05, 3.63) is 71.6 Å². The molecule has 0 aliphatic carbocycles. The normalized spacial score (nSPS) is 24.3. The van der Waals surface area contributed by atoms with Gasteiger partial charge in [0.2, 0.25) is 0 Å². The molecule has 2 heteroatoms. The molecule has 0 radical (unpaired) electrons. The molecular weight excluding hydrogens is 268 g/mol. The molecule has 1 aromatic carbocycles. The van der Waals surface area contributed by atoms with E-state index in [0.29, 0.717) is 12.1 Å². The molecule has 1 saturated heterocycles. The molecule has 0 N–H and O–H groups in total. The smallest absolute Gasteiger partial charge is 0.0688 e. The quantitative estimate of drug-likeness (QED) is 0.842. The number of hydrogen-bond donors (Lipinski definition) is 0. The van der Waals surface area contributed by atoms with Crippen LogP contribution in [-0.4, -0.2) is 22.0 Å². The highest BCUT2D eigenvalue weighted by Gasteiger charge is 2.36. The van der Waals surface area contributed by atoms with E-state index in [4.69, 9.17) is 0 Å². The third-order valence-electron chi connectivity index (χ3n) is 5.06. The van der Waals surface area contributed by atoms with Crippen LogP contribution in [0.2, 0.25) is 0 Å². The Labute approximate surface area is 132 Å². The van der Waals surface area contributed by atoms with Gasteiger partial charge in [-0.3, -0.25) is 9.88 Å². The molecule has 22 heavy (non-hydrogen) atoms. The standard InChI is InChI=1S/C20H22N2/c1-15-6-5-11-21-20(15)17-12-18-9-10-19(13-17)22(18)14-16-7-3-2-4-8-16/h2-8,11-12,18-19H,9-10,13-14H2,1H3. The largest absolute Gasteiger partial charge is 0.289 e. The van der Waals surface area contributed by atoms with Crippen LogP contribution in [0.5, 0.6) is 0 Å². The molecule has 2 aliphatic rings. The van der Waals surface area contributed by atoms with Gasteiger partial charge in [-0.25, -0.2) is 0 Å². The van der Waals surface area contributed by atoms with Gasteiger partial charge in [0.15, 0.2) is 0 Å². The number of aryl methyl sites for hydroxylation is 1. The van der Waals surface area contributed by atoms with Crippen LogP contribution < -0.4 is 0 Å². The Morgan fingerprint density at radius 2 is 1.95 bits per heavy atom. The van der Waals surface area contributed by atoms with Gasteiger partial charge in [0.25, 0.3) is 0 Å². The fraction of sp³-hybridized carbons (Fsp3) is 0.350. The molecule has 0 saturated carbocycles. The second-order valence-corrected chi connectivity index (χ2v) is 6.52. The number of aromatic nitrogens is 1. The third kappa shape index (κ3) is 2.48. The molecule has 2 atom stereocenters. The molecular formula is C20H22N2. The van der Waals surface area contributed by atoms with Gasteiger partial charge in [-0.2, -0.15) is 0 Å². The summed E-state index contributed by atoms with van der Waals surface area (Å²) in [5.41, 5.74) is 5.38. The molecule has 1 aromatic heterocycles. The Morgan fingerprint density at radius 3 is 2.73 bits per heavy atom. The summed E-state index contributed by atoms with van der Waals surface area (Å²) in [6, 6.07) is 16.3. The highest BCUT2D eigenvalue weighted by molar-refractivity contribution is 5.67. The zero-order valence-corrected chi connectivity index (χ0v) is 13.1. The molecule has 0 spiro atoms. The molecule has 3 heterocycles. The maximum absolute atomic E-state index is 4.62. The average molecular weight is 290 g/mol. The van der Waals surface area contributed by atoms with Crippen LogP contribution in [0.1, 0.15) is 36.1 Å². The van der Waals surface area contributed by atoms with Crippen molar-refractivity contribution >= 4 is 5.57 Å². The van der Waals surface area contributed by atoms with E-state index in [1.54, 1.807) is 0 Å². The predicted octanol–water partition coefficient (Wildman–Crippen LogP) is 4.21. The third-order valence-corrected chi connectivity index (χ3v) is 5.06. The number of rotatable bonds is 3. The van der Waals surface area contributed by atoms with E-state index in [1.165, 1.54) is 35.2 Å². The second kappa shape index (κ2) is 5.69.